The van der Waals surface area contributed by atoms with Gasteiger partial charge in [0.05, 0.1) is 5.69 Å². The van der Waals surface area contributed by atoms with E-state index in [1.54, 1.807) is 29.5 Å². The van der Waals surface area contributed by atoms with E-state index in [1.165, 1.54) is 6.08 Å². The molecule has 2 aromatic rings. The molecule has 0 bridgehead atoms. The molecule has 1 aromatic heterocycles. The van der Waals surface area contributed by atoms with Crippen molar-refractivity contribution in [1.29, 1.82) is 5.26 Å². The lowest BCUT2D eigenvalue weighted by atomic mass is 9.93. The predicted octanol–water partition coefficient (Wildman–Crippen LogP) is 4.02. The van der Waals surface area contributed by atoms with Crippen molar-refractivity contribution in [2.75, 3.05) is 6.26 Å². The highest BCUT2D eigenvalue weighted by molar-refractivity contribution is 7.95. The van der Waals surface area contributed by atoms with Gasteiger partial charge in [-0.15, -0.1) is 11.3 Å². The highest BCUT2D eigenvalue weighted by Gasteiger charge is 2.18. The topological polar surface area (TPSA) is 70.8 Å². The van der Waals surface area contributed by atoms with Crippen LogP contribution in [0.5, 0.6) is 0 Å². The first kappa shape index (κ1) is 17.4. The fraction of sp³-hybridized carbons (Fsp3) is 0.294. The van der Waals surface area contributed by atoms with Crippen LogP contribution in [0.15, 0.2) is 34.6 Å². The third-order valence-electron chi connectivity index (χ3n) is 3.24. The standard InChI is InChI=1S/C17H18N2O2S2/c1-17(2,3)15-11-22-16(19-15)13-7-5-12(6-8-13)9-14(10-18)23(4,20)21/h5-9,11H,1-4H3/b14-9-. The molecule has 4 nitrogen and oxygen atoms in total. The number of sulfone groups is 1. The van der Waals surface area contributed by atoms with Gasteiger partial charge in [0, 0.05) is 22.6 Å². The normalized spacial score (nSPS) is 12.9. The van der Waals surface area contributed by atoms with Crippen molar-refractivity contribution < 1.29 is 8.42 Å². The largest absolute Gasteiger partial charge is 0.241 e. The maximum atomic E-state index is 11.5. The number of hydrogen-bond acceptors (Lipinski definition) is 5. The SMILES string of the molecule is CC(C)(C)c1csc(-c2ccc(/C=C(/C#N)S(C)(=O)=O)cc2)n1. The van der Waals surface area contributed by atoms with Gasteiger partial charge >= 0.3 is 0 Å². The number of nitriles is 1. The Balaban J connectivity index is 2.32. The second-order valence-corrected chi connectivity index (χ2v) is 9.14. The number of allylic oxidation sites excluding steroid dienone is 1. The number of rotatable bonds is 3. The summed E-state index contributed by atoms with van der Waals surface area (Å²) in [7, 11) is -3.50. The van der Waals surface area contributed by atoms with Crippen LogP contribution in [0.1, 0.15) is 32.0 Å². The van der Waals surface area contributed by atoms with Crippen molar-refractivity contribution in [2.24, 2.45) is 0 Å². The second-order valence-electron chi connectivity index (χ2n) is 6.30. The molecule has 0 spiro atoms. The van der Waals surface area contributed by atoms with Crippen LogP contribution in [-0.4, -0.2) is 19.7 Å². The molecule has 0 saturated heterocycles. The maximum absolute atomic E-state index is 11.5. The van der Waals surface area contributed by atoms with E-state index in [0.717, 1.165) is 22.5 Å². The second kappa shape index (κ2) is 6.26. The lowest BCUT2D eigenvalue weighted by Gasteiger charge is -2.14. The molecule has 0 aliphatic carbocycles. The quantitative estimate of drug-likeness (QED) is 0.787. The molecular weight excluding hydrogens is 328 g/mol. The summed E-state index contributed by atoms with van der Waals surface area (Å²) in [5.74, 6) is 0. The van der Waals surface area contributed by atoms with E-state index in [9.17, 15) is 8.42 Å². The van der Waals surface area contributed by atoms with Gasteiger partial charge < -0.3 is 0 Å². The molecule has 1 aromatic carbocycles. The zero-order valence-electron chi connectivity index (χ0n) is 13.5. The summed E-state index contributed by atoms with van der Waals surface area (Å²) in [6, 6.07) is 9.06. The van der Waals surface area contributed by atoms with Gasteiger partial charge in [-0.05, 0) is 11.6 Å². The Morgan fingerprint density at radius 3 is 2.30 bits per heavy atom. The minimum Gasteiger partial charge on any atom is -0.241 e. The third kappa shape index (κ3) is 4.27. The van der Waals surface area contributed by atoms with E-state index in [0.29, 0.717) is 5.56 Å². The first-order valence-corrected chi connectivity index (χ1v) is 9.76. The Morgan fingerprint density at radius 1 is 1.26 bits per heavy atom. The Kier molecular flexibility index (Phi) is 4.73. The summed E-state index contributed by atoms with van der Waals surface area (Å²) in [6.45, 7) is 6.36. The lowest BCUT2D eigenvalue weighted by molar-refractivity contribution is 0.573. The molecule has 0 aliphatic heterocycles. The van der Waals surface area contributed by atoms with Crippen molar-refractivity contribution in [1.82, 2.24) is 4.98 Å². The zero-order valence-corrected chi connectivity index (χ0v) is 15.1. The first-order valence-electron chi connectivity index (χ1n) is 6.99. The number of nitrogens with zero attached hydrogens (tertiary/aromatic N) is 2. The summed E-state index contributed by atoms with van der Waals surface area (Å²) in [5.41, 5.74) is 2.70. The van der Waals surface area contributed by atoms with Crippen LogP contribution in [0, 0.1) is 11.3 Å². The highest BCUT2D eigenvalue weighted by Crippen LogP contribution is 2.30. The highest BCUT2D eigenvalue weighted by atomic mass is 32.2. The van der Waals surface area contributed by atoms with Gasteiger partial charge in [0.2, 0.25) is 0 Å². The molecule has 1 heterocycles. The van der Waals surface area contributed by atoms with E-state index in [1.807, 2.05) is 12.1 Å². The van der Waals surface area contributed by atoms with Crippen LogP contribution in [0.4, 0.5) is 0 Å². The zero-order chi connectivity index (χ0) is 17.3. The number of aromatic nitrogens is 1. The Morgan fingerprint density at radius 2 is 1.87 bits per heavy atom. The van der Waals surface area contributed by atoms with Crippen LogP contribution in [-0.2, 0) is 15.3 Å². The van der Waals surface area contributed by atoms with Crippen LogP contribution in [0.3, 0.4) is 0 Å². The van der Waals surface area contributed by atoms with Crippen molar-refractivity contribution in [3.05, 3.63) is 45.8 Å². The lowest BCUT2D eigenvalue weighted by Crippen LogP contribution is -2.11. The molecule has 23 heavy (non-hydrogen) atoms. The van der Waals surface area contributed by atoms with Crippen molar-refractivity contribution in [3.8, 4) is 16.6 Å². The van der Waals surface area contributed by atoms with Crippen LogP contribution in [0.2, 0.25) is 0 Å². The van der Waals surface area contributed by atoms with Gasteiger partial charge in [-0.3, -0.25) is 0 Å². The summed E-state index contributed by atoms with van der Waals surface area (Å²) in [6.07, 6.45) is 2.40. The van der Waals surface area contributed by atoms with Gasteiger partial charge in [0.1, 0.15) is 16.0 Å². The molecular formula is C17H18N2O2S2. The molecule has 120 valence electrons. The fourth-order valence-electron chi connectivity index (χ4n) is 1.85. The molecule has 0 saturated carbocycles. The molecule has 0 unspecified atom stereocenters. The minimum absolute atomic E-state index is 0.00854. The summed E-state index contributed by atoms with van der Waals surface area (Å²) < 4.78 is 22.9. The molecule has 0 aliphatic rings. The summed E-state index contributed by atoms with van der Waals surface area (Å²) in [5, 5.41) is 11.9. The van der Waals surface area contributed by atoms with Gasteiger partial charge in [0.15, 0.2) is 9.84 Å². The maximum Gasteiger partial charge on any atom is 0.185 e. The molecule has 6 heteroatoms. The van der Waals surface area contributed by atoms with Crippen LogP contribution < -0.4 is 0 Å². The van der Waals surface area contributed by atoms with Gasteiger partial charge in [-0.25, -0.2) is 13.4 Å². The minimum atomic E-state index is -3.50. The fourth-order valence-corrected chi connectivity index (χ4v) is 3.42. The first-order chi connectivity index (χ1) is 10.6. The van der Waals surface area contributed by atoms with Gasteiger partial charge in [-0.1, -0.05) is 45.0 Å². The summed E-state index contributed by atoms with van der Waals surface area (Å²) in [4.78, 5) is 4.41. The average molecular weight is 346 g/mol. The Labute approximate surface area is 141 Å². The van der Waals surface area contributed by atoms with Crippen LogP contribution >= 0.6 is 11.3 Å². The molecule has 0 amide bonds. The van der Waals surface area contributed by atoms with Gasteiger partial charge in [0.25, 0.3) is 0 Å². The Bertz CT molecular complexity index is 878. The monoisotopic (exact) mass is 346 g/mol. The number of thiazole rings is 1. The summed E-state index contributed by atoms with van der Waals surface area (Å²) >= 11 is 1.58. The predicted molar refractivity (Wildman–Crippen MR) is 94.7 cm³/mol. The molecule has 2 rings (SSSR count). The van der Waals surface area contributed by atoms with E-state index in [4.69, 9.17) is 5.26 Å². The van der Waals surface area contributed by atoms with E-state index in [2.05, 4.69) is 31.1 Å². The molecule has 0 atom stereocenters. The molecule has 0 N–H and O–H groups in total. The molecule has 0 fully saturated rings. The smallest absolute Gasteiger partial charge is 0.185 e. The van der Waals surface area contributed by atoms with Crippen molar-refractivity contribution >= 4 is 27.3 Å². The van der Waals surface area contributed by atoms with Gasteiger partial charge in [-0.2, -0.15) is 5.26 Å². The Hall–Kier alpha value is -1.97. The van der Waals surface area contributed by atoms with E-state index < -0.39 is 9.84 Å². The average Bonchev–Trinajstić information content (AvgIpc) is 2.94. The van der Waals surface area contributed by atoms with E-state index in [-0.39, 0.29) is 10.3 Å². The molecule has 0 radical (unpaired) electrons. The third-order valence-corrected chi connectivity index (χ3v) is 5.14. The van der Waals surface area contributed by atoms with Crippen LogP contribution in [0.25, 0.3) is 16.6 Å². The number of benzene rings is 1. The van der Waals surface area contributed by atoms with Crippen molar-refractivity contribution in [3.63, 3.8) is 0 Å². The van der Waals surface area contributed by atoms with Crippen molar-refractivity contribution in [2.45, 2.75) is 26.2 Å². The van der Waals surface area contributed by atoms with E-state index >= 15 is 0 Å². The number of hydrogen-bond donors (Lipinski definition) is 0.